The Bertz CT molecular complexity index is 549. The highest BCUT2D eigenvalue weighted by molar-refractivity contribution is 9.10. The fraction of sp³-hybridized carbons (Fsp3) is 0.231. The molecular formula is C13H14BrN3O. The summed E-state index contributed by atoms with van der Waals surface area (Å²) in [6, 6.07) is 4.05. The van der Waals surface area contributed by atoms with E-state index in [2.05, 4.69) is 25.9 Å². The fourth-order valence-electron chi connectivity index (χ4n) is 1.79. The van der Waals surface area contributed by atoms with E-state index in [9.17, 15) is 0 Å². The first kappa shape index (κ1) is 13.0. The number of hydrogen-bond acceptors (Lipinski definition) is 4. The third kappa shape index (κ3) is 2.68. The zero-order valence-corrected chi connectivity index (χ0v) is 11.9. The van der Waals surface area contributed by atoms with E-state index in [0.29, 0.717) is 12.4 Å². The van der Waals surface area contributed by atoms with E-state index >= 15 is 0 Å². The summed E-state index contributed by atoms with van der Waals surface area (Å²) in [7, 11) is 0. The molecule has 0 saturated heterocycles. The highest BCUT2D eigenvalue weighted by Crippen LogP contribution is 2.31. The van der Waals surface area contributed by atoms with Gasteiger partial charge in [0.15, 0.2) is 0 Å². The molecule has 2 aromatic rings. The van der Waals surface area contributed by atoms with Crippen LogP contribution in [0.5, 0.6) is 11.6 Å². The van der Waals surface area contributed by atoms with Crippen molar-refractivity contribution in [2.24, 2.45) is 5.73 Å². The monoisotopic (exact) mass is 307 g/mol. The van der Waals surface area contributed by atoms with Crippen molar-refractivity contribution in [2.75, 3.05) is 0 Å². The Balaban J connectivity index is 2.38. The molecule has 0 bridgehead atoms. The zero-order valence-electron chi connectivity index (χ0n) is 10.3. The van der Waals surface area contributed by atoms with E-state index in [1.54, 1.807) is 6.20 Å². The van der Waals surface area contributed by atoms with E-state index in [4.69, 9.17) is 10.5 Å². The van der Waals surface area contributed by atoms with Crippen LogP contribution in [0, 0.1) is 13.8 Å². The number of nitrogens with zero attached hydrogens (tertiary/aromatic N) is 2. The van der Waals surface area contributed by atoms with Crippen molar-refractivity contribution in [1.82, 2.24) is 9.97 Å². The van der Waals surface area contributed by atoms with Crippen molar-refractivity contribution in [3.8, 4) is 11.6 Å². The van der Waals surface area contributed by atoms with Crippen LogP contribution in [0.4, 0.5) is 0 Å². The van der Waals surface area contributed by atoms with Crippen LogP contribution in [0.2, 0.25) is 0 Å². The molecule has 1 aromatic carbocycles. The summed E-state index contributed by atoms with van der Waals surface area (Å²) in [5.41, 5.74) is 8.83. The van der Waals surface area contributed by atoms with Crippen LogP contribution in [0.15, 0.2) is 29.1 Å². The van der Waals surface area contributed by atoms with Crippen LogP contribution in [0.1, 0.15) is 16.7 Å². The van der Waals surface area contributed by atoms with Gasteiger partial charge in [0.25, 0.3) is 0 Å². The Morgan fingerprint density at radius 1 is 1.28 bits per heavy atom. The lowest BCUT2D eigenvalue weighted by Gasteiger charge is -2.13. The predicted octanol–water partition coefficient (Wildman–Crippen LogP) is 3.11. The summed E-state index contributed by atoms with van der Waals surface area (Å²) in [4.78, 5) is 8.00. The average Bonchev–Trinajstić information content (AvgIpc) is 2.35. The topological polar surface area (TPSA) is 61.0 Å². The second kappa shape index (κ2) is 5.46. The average molecular weight is 308 g/mol. The maximum absolute atomic E-state index is 5.83. The third-order valence-electron chi connectivity index (χ3n) is 2.59. The van der Waals surface area contributed by atoms with Crippen LogP contribution in [0.25, 0.3) is 0 Å². The van der Waals surface area contributed by atoms with Gasteiger partial charge in [-0.1, -0.05) is 12.1 Å². The van der Waals surface area contributed by atoms with Crippen molar-refractivity contribution in [2.45, 2.75) is 20.4 Å². The van der Waals surface area contributed by atoms with Gasteiger partial charge in [-0.2, -0.15) is 0 Å². The molecule has 2 rings (SSSR count). The summed E-state index contributed by atoms with van der Waals surface area (Å²) in [6.45, 7) is 4.52. The minimum absolute atomic E-state index is 0.511. The molecule has 0 aliphatic heterocycles. The van der Waals surface area contributed by atoms with Crippen LogP contribution in [0.3, 0.4) is 0 Å². The third-order valence-corrected chi connectivity index (χ3v) is 3.13. The molecule has 0 amide bonds. The molecule has 94 valence electrons. The second-order valence-corrected chi connectivity index (χ2v) is 4.90. The van der Waals surface area contributed by atoms with Gasteiger partial charge in [0.05, 0.1) is 4.47 Å². The Labute approximate surface area is 114 Å². The van der Waals surface area contributed by atoms with E-state index in [-0.39, 0.29) is 0 Å². The molecule has 4 nitrogen and oxygen atoms in total. The SMILES string of the molecule is Cc1cc(CN)cc(C)c1Oc1ncncc1Br. The van der Waals surface area contributed by atoms with E-state index in [1.807, 2.05) is 26.0 Å². The van der Waals surface area contributed by atoms with E-state index in [1.165, 1.54) is 6.33 Å². The fourth-order valence-corrected chi connectivity index (χ4v) is 2.09. The molecule has 0 spiro atoms. The maximum atomic E-state index is 5.83. The lowest BCUT2D eigenvalue weighted by Crippen LogP contribution is -2.00. The molecule has 1 heterocycles. The molecule has 2 N–H and O–H groups in total. The molecule has 0 aliphatic rings. The van der Waals surface area contributed by atoms with E-state index in [0.717, 1.165) is 26.9 Å². The first-order valence-electron chi connectivity index (χ1n) is 5.55. The van der Waals surface area contributed by atoms with Gasteiger partial charge in [0.2, 0.25) is 5.88 Å². The summed E-state index contributed by atoms with van der Waals surface area (Å²) < 4.78 is 6.56. The van der Waals surface area contributed by atoms with Gasteiger partial charge < -0.3 is 10.5 Å². The Morgan fingerprint density at radius 3 is 2.50 bits per heavy atom. The molecule has 0 atom stereocenters. The molecule has 18 heavy (non-hydrogen) atoms. The van der Waals surface area contributed by atoms with Crippen LogP contribution < -0.4 is 10.5 Å². The largest absolute Gasteiger partial charge is 0.437 e. The lowest BCUT2D eigenvalue weighted by molar-refractivity contribution is 0.451. The number of aromatic nitrogens is 2. The molecule has 0 radical (unpaired) electrons. The Morgan fingerprint density at radius 2 is 1.94 bits per heavy atom. The molecule has 0 aliphatic carbocycles. The van der Waals surface area contributed by atoms with Crippen molar-refractivity contribution >= 4 is 15.9 Å². The van der Waals surface area contributed by atoms with Gasteiger partial charge in [-0.3, -0.25) is 0 Å². The van der Waals surface area contributed by atoms with Gasteiger partial charge >= 0.3 is 0 Å². The van der Waals surface area contributed by atoms with Crippen LogP contribution >= 0.6 is 15.9 Å². The zero-order chi connectivity index (χ0) is 13.1. The van der Waals surface area contributed by atoms with Crippen LogP contribution in [-0.2, 0) is 6.54 Å². The number of halogens is 1. The normalized spacial score (nSPS) is 10.4. The minimum atomic E-state index is 0.511. The molecule has 0 fully saturated rings. The summed E-state index contributed by atoms with van der Waals surface area (Å²) in [5.74, 6) is 1.32. The van der Waals surface area contributed by atoms with Gasteiger partial charge in [0, 0.05) is 12.7 Å². The summed E-state index contributed by atoms with van der Waals surface area (Å²) >= 11 is 3.36. The molecule has 0 unspecified atom stereocenters. The molecular weight excluding hydrogens is 294 g/mol. The molecule has 1 aromatic heterocycles. The predicted molar refractivity (Wildman–Crippen MR) is 73.6 cm³/mol. The number of aryl methyl sites for hydroxylation is 2. The van der Waals surface area contributed by atoms with Crippen molar-refractivity contribution in [1.29, 1.82) is 0 Å². The maximum Gasteiger partial charge on any atom is 0.236 e. The standard InChI is InChI=1S/C13H14BrN3O/c1-8-3-10(5-15)4-9(2)12(8)18-13-11(14)6-16-7-17-13/h3-4,6-7H,5,15H2,1-2H3. The number of nitrogens with two attached hydrogens (primary N) is 1. The lowest BCUT2D eigenvalue weighted by atomic mass is 10.1. The minimum Gasteiger partial charge on any atom is -0.437 e. The number of rotatable bonds is 3. The van der Waals surface area contributed by atoms with Crippen molar-refractivity contribution < 1.29 is 4.74 Å². The molecule has 5 heteroatoms. The second-order valence-electron chi connectivity index (χ2n) is 4.04. The molecule has 0 saturated carbocycles. The quantitative estimate of drug-likeness (QED) is 0.946. The number of hydrogen-bond donors (Lipinski definition) is 1. The van der Waals surface area contributed by atoms with Crippen molar-refractivity contribution in [3.05, 3.63) is 45.8 Å². The van der Waals surface area contributed by atoms with Crippen molar-refractivity contribution in [3.63, 3.8) is 0 Å². The summed E-state index contributed by atoms with van der Waals surface area (Å²) in [5, 5.41) is 0. The van der Waals surface area contributed by atoms with Gasteiger partial charge in [-0.15, -0.1) is 0 Å². The number of ether oxygens (including phenoxy) is 1. The van der Waals surface area contributed by atoms with Gasteiger partial charge in [-0.05, 0) is 46.5 Å². The Kier molecular flexibility index (Phi) is 3.93. The highest BCUT2D eigenvalue weighted by Gasteiger charge is 2.10. The van der Waals surface area contributed by atoms with Gasteiger partial charge in [0.1, 0.15) is 12.1 Å². The Hall–Kier alpha value is -1.46. The first-order chi connectivity index (χ1) is 8.61. The summed E-state index contributed by atoms with van der Waals surface area (Å²) in [6.07, 6.45) is 3.11. The van der Waals surface area contributed by atoms with Crippen LogP contribution in [-0.4, -0.2) is 9.97 Å². The first-order valence-corrected chi connectivity index (χ1v) is 6.34. The smallest absolute Gasteiger partial charge is 0.236 e. The van der Waals surface area contributed by atoms with Gasteiger partial charge in [-0.25, -0.2) is 9.97 Å². The van der Waals surface area contributed by atoms with E-state index < -0.39 is 0 Å². The highest BCUT2D eigenvalue weighted by atomic mass is 79.9. The number of benzene rings is 1.